The summed E-state index contributed by atoms with van der Waals surface area (Å²) in [6.07, 6.45) is 2.83. The van der Waals surface area contributed by atoms with E-state index >= 15 is 0 Å². The largest absolute Gasteiger partial charge is 0.465 e. The van der Waals surface area contributed by atoms with Crippen molar-refractivity contribution in [1.29, 1.82) is 0 Å². The van der Waals surface area contributed by atoms with Crippen molar-refractivity contribution in [2.75, 3.05) is 25.6 Å². The van der Waals surface area contributed by atoms with Gasteiger partial charge in [0, 0.05) is 18.8 Å². The van der Waals surface area contributed by atoms with E-state index in [0.29, 0.717) is 5.56 Å². The van der Waals surface area contributed by atoms with Gasteiger partial charge in [-0.1, -0.05) is 0 Å². The van der Waals surface area contributed by atoms with E-state index in [-0.39, 0.29) is 12.6 Å². The fraction of sp³-hybridized carbons (Fsp3) is 0.533. The predicted molar refractivity (Wildman–Crippen MR) is 76.7 cm³/mol. The third kappa shape index (κ3) is 4.56. The van der Waals surface area contributed by atoms with E-state index in [1.165, 1.54) is 7.11 Å². The van der Waals surface area contributed by atoms with Crippen LogP contribution >= 0.6 is 0 Å². The van der Waals surface area contributed by atoms with Crippen molar-refractivity contribution in [1.82, 2.24) is 0 Å². The molecular weight excluding hydrogens is 242 g/mol. The van der Waals surface area contributed by atoms with Gasteiger partial charge in [-0.2, -0.15) is 0 Å². The van der Waals surface area contributed by atoms with Crippen molar-refractivity contribution >= 4 is 11.7 Å². The fourth-order valence-electron chi connectivity index (χ4n) is 1.93. The molecule has 2 N–H and O–H groups in total. The summed E-state index contributed by atoms with van der Waals surface area (Å²) in [6.45, 7) is 4.99. The molecule has 0 unspecified atom stereocenters. The molecule has 0 aliphatic carbocycles. The van der Waals surface area contributed by atoms with Crippen LogP contribution in [-0.2, 0) is 4.74 Å². The summed E-state index contributed by atoms with van der Waals surface area (Å²) >= 11 is 0. The zero-order valence-corrected chi connectivity index (χ0v) is 12.0. The number of rotatable bonds is 7. The molecule has 0 aromatic heterocycles. The second-order valence-electron chi connectivity index (χ2n) is 4.67. The van der Waals surface area contributed by atoms with Crippen LogP contribution in [0.1, 0.15) is 40.7 Å². The Kier molecular flexibility index (Phi) is 6.36. The Labute approximate surface area is 114 Å². The lowest BCUT2D eigenvalue weighted by molar-refractivity contribution is 0.0600. The number of ether oxygens (including phenoxy) is 1. The molecule has 0 amide bonds. The summed E-state index contributed by atoms with van der Waals surface area (Å²) in [7, 11) is 1.39. The topological polar surface area (TPSA) is 58.6 Å². The molecule has 19 heavy (non-hydrogen) atoms. The Morgan fingerprint density at radius 1 is 1.26 bits per heavy atom. The van der Waals surface area contributed by atoms with Gasteiger partial charge in [0.15, 0.2) is 0 Å². The molecular formula is C15H23NO3. The van der Waals surface area contributed by atoms with E-state index in [9.17, 15) is 4.79 Å². The Balaban J connectivity index is 2.69. The van der Waals surface area contributed by atoms with Crippen molar-refractivity contribution in [3.8, 4) is 0 Å². The first-order chi connectivity index (χ1) is 9.10. The molecule has 0 heterocycles. The number of nitrogens with one attached hydrogen (secondary N) is 1. The van der Waals surface area contributed by atoms with Gasteiger partial charge in [0.25, 0.3) is 0 Å². The fourth-order valence-corrected chi connectivity index (χ4v) is 1.93. The molecule has 1 rings (SSSR count). The highest BCUT2D eigenvalue weighted by atomic mass is 16.5. The lowest BCUT2D eigenvalue weighted by Gasteiger charge is -2.12. The number of methoxy groups -OCH3 is 1. The number of esters is 1. The summed E-state index contributed by atoms with van der Waals surface area (Å²) in [5, 5.41) is 12.0. The summed E-state index contributed by atoms with van der Waals surface area (Å²) in [4.78, 5) is 11.7. The second-order valence-corrected chi connectivity index (χ2v) is 4.67. The molecule has 1 aromatic carbocycles. The van der Waals surface area contributed by atoms with Crippen LogP contribution in [0.5, 0.6) is 0 Å². The lowest BCUT2D eigenvalue weighted by Crippen LogP contribution is -2.08. The van der Waals surface area contributed by atoms with Gasteiger partial charge in [-0.05, 0) is 56.4 Å². The first kappa shape index (κ1) is 15.5. The number of anilines is 1. The number of aliphatic hydroxyl groups excluding tert-OH is 1. The van der Waals surface area contributed by atoms with Gasteiger partial charge in [-0.15, -0.1) is 0 Å². The Hall–Kier alpha value is -1.55. The van der Waals surface area contributed by atoms with Gasteiger partial charge in [0.1, 0.15) is 0 Å². The Morgan fingerprint density at radius 3 is 2.63 bits per heavy atom. The molecule has 106 valence electrons. The van der Waals surface area contributed by atoms with Crippen LogP contribution in [-0.4, -0.2) is 31.3 Å². The van der Waals surface area contributed by atoms with Gasteiger partial charge >= 0.3 is 5.97 Å². The number of aryl methyl sites for hydroxylation is 1. The van der Waals surface area contributed by atoms with Crippen LogP contribution in [0, 0.1) is 13.8 Å². The molecule has 0 saturated heterocycles. The van der Waals surface area contributed by atoms with E-state index in [2.05, 4.69) is 5.32 Å². The molecule has 0 aliphatic heterocycles. The van der Waals surface area contributed by atoms with Gasteiger partial charge in [0.05, 0.1) is 12.7 Å². The number of unbranched alkanes of at least 4 members (excludes halogenated alkanes) is 2. The minimum absolute atomic E-state index is 0.246. The number of hydrogen-bond donors (Lipinski definition) is 2. The van der Waals surface area contributed by atoms with Gasteiger partial charge in [-0.3, -0.25) is 0 Å². The highest BCUT2D eigenvalue weighted by Gasteiger charge is 2.12. The number of hydrogen-bond acceptors (Lipinski definition) is 4. The second kappa shape index (κ2) is 7.79. The lowest BCUT2D eigenvalue weighted by atomic mass is 10.0. The van der Waals surface area contributed by atoms with Gasteiger partial charge in [0.2, 0.25) is 0 Å². The molecule has 1 aromatic rings. The van der Waals surface area contributed by atoms with Crippen molar-refractivity contribution in [3.63, 3.8) is 0 Å². The van der Waals surface area contributed by atoms with Crippen LogP contribution in [0.25, 0.3) is 0 Å². The normalized spacial score (nSPS) is 10.3. The Morgan fingerprint density at radius 2 is 2.00 bits per heavy atom. The molecule has 0 bridgehead atoms. The number of benzene rings is 1. The summed E-state index contributed by atoms with van der Waals surface area (Å²) < 4.78 is 4.79. The number of carbonyl (C=O) groups excluding carboxylic acids is 1. The first-order valence-electron chi connectivity index (χ1n) is 6.64. The number of aliphatic hydroxyl groups is 1. The zero-order chi connectivity index (χ0) is 14.3. The summed E-state index contributed by atoms with van der Waals surface area (Å²) in [6, 6.07) is 3.87. The third-order valence-corrected chi connectivity index (χ3v) is 3.24. The van der Waals surface area contributed by atoms with Crippen molar-refractivity contribution in [3.05, 3.63) is 28.8 Å². The van der Waals surface area contributed by atoms with Crippen molar-refractivity contribution < 1.29 is 14.6 Å². The maximum absolute atomic E-state index is 11.7. The van der Waals surface area contributed by atoms with E-state index in [0.717, 1.165) is 42.6 Å². The van der Waals surface area contributed by atoms with Crippen molar-refractivity contribution in [2.45, 2.75) is 33.1 Å². The average Bonchev–Trinajstić information content (AvgIpc) is 2.41. The predicted octanol–water partition coefficient (Wildman–Crippen LogP) is 2.66. The van der Waals surface area contributed by atoms with Crippen LogP contribution in [0.2, 0.25) is 0 Å². The molecule has 0 aliphatic rings. The minimum Gasteiger partial charge on any atom is -0.465 e. The molecule has 0 saturated carbocycles. The molecule has 0 spiro atoms. The number of carbonyl (C=O) groups is 1. The molecule has 4 heteroatoms. The zero-order valence-electron chi connectivity index (χ0n) is 12.0. The SMILES string of the molecule is COC(=O)c1cc(NCCCCCO)cc(C)c1C. The molecule has 0 radical (unpaired) electrons. The quantitative estimate of drug-likeness (QED) is 0.588. The minimum atomic E-state index is -0.301. The van der Waals surface area contributed by atoms with Gasteiger partial charge < -0.3 is 15.2 Å². The maximum Gasteiger partial charge on any atom is 0.338 e. The molecule has 0 fully saturated rings. The van der Waals surface area contributed by atoms with Crippen LogP contribution < -0.4 is 5.32 Å². The van der Waals surface area contributed by atoms with Crippen molar-refractivity contribution in [2.24, 2.45) is 0 Å². The van der Waals surface area contributed by atoms with E-state index in [4.69, 9.17) is 9.84 Å². The van der Waals surface area contributed by atoms with E-state index < -0.39 is 0 Å². The van der Waals surface area contributed by atoms with Crippen LogP contribution in [0.3, 0.4) is 0 Å². The smallest absolute Gasteiger partial charge is 0.338 e. The maximum atomic E-state index is 11.7. The summed E-state index contributed by atoms with van der Waals surface area (Å²) in [5.74, 6) is -0.301. The average molecular weight is 265 g/mol. The monoisotopic (exact) mass is 265 g/mol. The highest BCUT2D eigenvalue weighted by molar-refractivity contribution is 5.92. The van der Waals surface area contributed by atoms with Crippen LogP contribution in [0.15, 0.2) is 12.1 Å². The Bertz CT molecular complexity index is 430. The molecule has 0 atom stereocenters. The first-order valence-corrected chi connectivity index (χ1v) is 6.64. The molecule has 4 nitrogen and oxygen atoms in total. The van der Waals surface area contributed by atoms with Gasteiger partial charge in [-0.25, -0.2) is 4.79 Å². The van der Waals surface area contributed by atoms with E-state index in [1.54, 1.807) is 0 Å². The summed E-state index contributed by atoms with van der Waals surface area (Å²) in [5.41, 5.74) is 3.58. The third-order valence-electron chi connectivity index (χ3n) is 3.24. The standard InChI is InChI=1S/C15H23NO3/c1-11-9-13(16-7-5-4-6-8-17)10-14(12(11)2)15(18)19-3/h9-10,16-17H,4-8H2,1-3H3. The van der Waals surface area contributed by atoms with Crippen LogP contribution in [0.4, 0.5) is 5.69 Å². The van der Waals surface area contributed by atoms with E-state index in [1.807, 2.05) is 26.0 Å². The highest BCUT2D eigenvalue weighted by Crippen LogP contribution is 2.20.